The van der Waals surface area contributed by atoms with Crippen molar-refractivity contribution in [1.82, 2.24) is 14.8 Å². The van der Waals surface area contributed by atoms with Crippen LogP contribution >= 0.6 is 0 Å². The summed E-state index contributed by atoms with van der Waals surface area (Å²) < 4.78 is 7.90. The maximum absolute atomic E-state index is 13.1. The van der Waals surface area contributed by atoms with Gasteiger partial charge in [0, 0.05) is 75.6 Å². The monoisotopic (exact) mass is 469 g/mol. The topological polar surface area (TPSA) is 83.8 Å². The van der Waals surface area contributed by atoms with Crippen molar-refractivity contribution in [2.45, 2.75) is 51.4 Å². The number of ether oxygens (including phenoxy) is 1. The Kier molecular flexibility index (Phi) is 8.27. The first-order valence-corrected chi connectivity index (χ1v) is 12.8. The van der Waals surface area contributed by atoms with Crippen LogP contribution in [0.25, 0.3) is 10.9 Å². The second-order valence-corrected chi connectivity index (χ2v) is 9.93. The smallest absolute Gasteiger partial charge is 0.253 e. The molecule has 1 fully saturated rings. The molecule has 2 aliphatic rings. The van der Waals surface area contributed by atoms with Crippen molar-refractivity contribution in [3.8, 4) is 0 Å². The van der Waals surface area contributed by atoms with Gasteiger partial charge in [-0.2, -0.15) is 0 Å². The maximum atomic E-state index is 13.1. The van der Waals surface area contributed by atoms with Gasteiger partial charge in [-0.3, -0.25) is 9.59 Å². The van der Waals surface area contributed by atoms with Crippen LogP contribution in [0.3, 0.4) is 0 Å². The molecule has 2 aromatic rings. The van der Waals surface area contributed by atoms with E-state index >= 15 is 0 Å². The van der Waals surface area contributed by atoms with Gasteiger partial charge in [0.15, 0.2) is 0 Å². The molecule has 1 atom stereocenters. The van der Waals surface area contributed by atoms with Crippen LogP contribution in [0.5, 0.6) is 0 Å². The Morgan fingerprint density at radius 1 is 1.18 bits per heavy atom. The lowest BCUT2D eigenvalue weighted by atomic mass is 9.75. The molecule has 7 nitrogen and oxygen atoms in total. The lowest BCUT2D eigenvalue weighted by Crippen LogP contribution is -2.30. The predicted molar refractivity (Wildman–Crippen MR) is 133 cm³/mol. The van der Waals surface area contributed by atoms with Crippen LogP contribution in [0, 0.1) is 11.8 Å². The highest BCUT2D eigenvalue weighted by molar-refractivity contribution is 5.99. The van der Waals surface area contributed by atoms with Crippen LogP contribution in [0.1, 0.15) is 60.1 Å². The molecule has 0 bridgehead atoms. The van der Waals surface area contributed by atoms with Gasteiger partial charge in [0.05, 0.1) is 0 Å². The Morgan fingerprint density at radius 2 is 1.97 bits per heavy atom. The number of fused-ring (bicyclic) bond motifs is 3. The number of rotatable bonds is 9. The summed E-state index contributed by atoms with van der Waals surface area (Å²) in [4.78, 5) is 26.7. The molecule has 1 aromatic heterocycles. The minimum absolute atomic E-state index is 0.00280. The van der Waals surface area contributed by atoms with Gasteiger partial charge in [-0.1, -0.05) is 0 Å². The average Bonchev–Trinajstić information content (AvgIpc) is 3.15. The molecule has 1 aromatic carbocycles. The van der Waals surface area contributed by atoms with Gasteiger partial charge in [0.25, 0.3) is 5.91 Å². The van der Waals surface area contributed by atoms with E-state index in [1.54, 1.807) is 11.9 Å². The Hall–Kier alpha value is -2.38. The molecule has 1 aliphatic heterocycles. The van der Waals surface area contributed by atoms with E-state index in [0.29, 0.717) is 43.8 Å². The van der Waals surface area contributed by atoms with Crippen LogP contribution in [-0.2, 0) is 29.4 Å². The summed E-state index contributed by atoms with van der Waals surface area (Å²) in [6.45, 7) is 2.87. The third-order valence-electron chi connectivity index (χ3n) is 7.74. The first kappa shape index (κ1) is 24.7. The molecule has 0 saturated carbocycles. The Balaban J connectivity index is 1.42. The summed E-state index contributed by atoms with van der Waals surface area (Å²) >= 11 is 0. The normalized spacial score (nSPS) is 18.6. The van der Waals surface area contributed by atoms with E-state index in [9.17, 15) is 9.59 Å². The van der Waals surface area contributed by atoms with Crippen molar-refractivity contribution in [3.05, 3.63) is 35.0 Å². The molecule has 0 radical (unpaired) electrons. The van der Waals surface area contributed by atoms with E-state index in [-0.39, 0.29) is 18.4 Å². The third kappa shape index (κ3) is 5.47. The Bertz CT molecular complexity index is 1010. The summed E-state index contributed by atoms with van der Waals surface area (Å²) in [5.41, 5.74) is 4.76. The van der Waals surface area contributed by atoms with Crippen LogP contribution < -0.4 is 5.32 Å². The van der Waals surface area contributed by atoms with Crippen molar-refractivity contribution in [2.24, 2.45) is 18.9 Å². The molecular weight excluding hydrogens is 430 g/mol. The summed E-state index contributed by atoms with van der Waals surface area (Å²) in [6.07, 6.45) is 7.32. The number of aliphatic hydroxyl groups is 1. The first-order valence-electron chi connectivity index (χ1n) is 12.8. The average molecular weight is 470 g/mol. The highest BCUT2D eigenvalue weighted by Crippen LogP contribution is 2.39. The SMILES string of the molecule is CN(CCCC(=O)NCCCO)C(=O)c1ccc2c(c1)c1c(n2C)CC[C@@H](C2CCOCC2)C1. The van der Waals surface area contributed by atoms with Gasteiger partial charge in [0.2, 0.25) is 5.91 Å². The van der Waals surface area contributed by atoms with Crippen LogP contribution in [0.4, 0.5) is 0 Å². The number of hydrogen-bond donors (Lipinski definition) is 2. The number of nitrogens with zero attached hydrogens (tertiary/aromatic N) is 2. The molecule has 1 aliphatic carbocycles. The molecule has 2 amide bonds. The molecule has 0 spiro atoms. The van der Waals surface area contributed by atoms with Crippen LogP contribution in [0.2, 0.25) is 0 Å². The Morgan fingerprint density at radius 3 is 2.74 bits per heavy atom. The molecule has 2 N–H and O–H groups in total. The molecule has 0 unspecified atom stereocenters. The number of carbonyl (C=O) groups excluding carboxylic acids is 2. The zero-order valence-electron chi connectivity index (χ0n) is 20.6. The molecule has 2 heterocycles. The summed E-state index contributed by atoms with van der Waals surface area (Å²) in [5.74, 6) is 1.41. The minimum Gasteiger partial charge on any atom is -0.396 e. The minimum atomic E-state index is -0.0364. The summed E-state index contributed by atoms with van der Waals surface area (Å²) in [6, 6.07) is 6.11. The number of benzene rings is 1. The van der Waals surface area contributed by atoms with Crippen molar-refractivity contribution in [3.63, 3.8) is 0 Å². The second-order valence-electron chi connectivity index (χ2n) is 9.93. The van der Waals surface area contributed by atoms with Gasteiger partial charge < -0.3 is 24.6 Å². The largest absolute Gasteiger partial charge is 0.396 e. The molecule has 1 saturated heterocycles. The molecule has 186 valence electrons. The Labute approximate surface area is 202 Å². The molecule has 34 heavy (non-hydrogen) atoms. The zero-order valence-corrected chi connectivity index (χ0v) is 20.6. The van der Waals surface area contributed by atoms with Crippen molar-refractivity contribution in [2.75, 3.05) is 40.0 Å². The maximum Gasteiger partial charge on any atom is 0.253 e. The fraction of sp³-hybridized carbons (Fsp3) is 0.630. The van der Waals surface area contributed by atoms with Crippen molar-refractivity contribution < 1.29 is 19.4 Å². The van der Waals surface area contributed by atoms with Crippen molar-refractivity contribution >= 4 is 22.7 Å². The number of aryl methyl sites for hydroxylation is 1. The van der Waals surface area contributed by atoms with Gasteiger partial charge in [-0.15, -0.1) is 0 Å². The highest BCUT2D eigenvalue weighted by Gasteiger charge is 2.31. The van der Waals surface area contributed by atoms with E-state index in [2.05, 4.69) is 29.1 Å². The predicted octanol–water partition coefficient (Wildman–Crippen LogP) is 3.06. The number of nitrogens with one attached hydrogen (secondary N) is 1. The van der Waals surface area contributed by atoms with E-state index in [4.69, 9.17) is 9.84 Å². The quantitative estimate of drug-likeness (QED) is 0.553. The van der Waals surface area contributed by atoms with Crippen LogP contribution in [0.15, 0.2) is 18.2 Å². The zero-order chi connectivity index (χ0) is 24.1. The van der Waals surface area contributed by atoms with Crippen LogP contribution in [-0.4, -0.2) is 66.3 Å². The number of carbonyl (C=O) groups is 2. The standard InChI is InChI=1S/C27H39N3O4/c1-29(13-3-5-26(32)28-12-4-14-31)27(33)21-7-9-25-23(18-21)22-17-20(6-8-24(22)30(25)2)19-10-15-34-16-11-19/h7,9,18-20,31H,3-6,8,10-17H2,1-2H3,(H,28,32)/t20-/m1/s1. The fourth-order valence-corrected chi connectivity index (χ4v) is 5.72. The van der Waals surface area contributed by atoms with E-state index in [0.717, 1.165) is 32.0 Å². The summed E-state index contributed by atoms with van der Waals surface area (Å²) in [5, 5.41) is 12.8. The lowest BCUT2D eigenvalue weighted by molar-refractivity contribution is -0.121. The summed E-state index contributed by atoms with van der Waals surface area (Å²) in [7, 11) is 3.95. The van der Waals surface area contributed by atoms with Gasteiger partial charge >= 0.3 is 0 Å². The van der Waals surface area contributed by atoms with E-state index in [1.165, 1.54) is 41.4 Å². The molecular formula is C27H39N3O4. The number of hydrogen-bond acceptors (Lipinski definition) is 4. The van der Waals surface area contributed by atoms with Gasteiger partial charge in [-0.25, -0.2) is 0 Å². The van der Waals surface area contributed by atoms with E-state index < -0.39 is 0 Å². The number of aromatic nitrogens is 1. The second kappa shape index (κ2) is 11.4. The fourth-order valence-electron chi connectivity index (χ4n) is 5.72. The molecule has 4 rings (SSSR count). The number of amides is 2. The van der Waals surface area contributed by atoms with Gasteiger partial charge in [0.1, 0.15) is 0 Å². The van der Waals surface area contributed by atoms with E-state index in [1.807, 2.05) is 6.07 Å². The third-order valence-corrected chi connectivity index (χ3v) is 7.74. The molecule has 7 heteroatoms. The lowest BCUT2D eigenvalue weighted by Gasteiger charge is -2.33. The first-order chi connectivity index (χ1) is 16.5. The number of aliphatic hydroxyl groups excluding tert-OH is 1. The highest BCUT2D eigenvalue weighted by atomic mass is 16.5. The van der Waals surface area contributed by atoms with Crippen molar-refractivity contribution in [1.29, 1.82) is 0 Å². The van der Waals surface area contributed by atoms with Gasteiger partial charge in [-0.05, 0) is 80.5 Å².